The number of fused-ring (bicyclic) bond motifs is 1. The summed E-state index contributed by atoms with van der Waals surface area (Å²) < 4.78 is 0. The van der Waals surface area contributed by atoms with Crippen LogP contribution in [0.15, 0.2) is 34.7 Å². The van der Waals surface area contributed by atoms with Crippen LogP contribution >= 0.6 is 11.3 Å². The molecule has 0 spiro atoms. The molecule has 0 atom stereocenters. The number of hydrogen-bond acceptors (Lipinski definition) is 6. The van der Waals surface area contributed by atoms with Gasteiger partial charge in [-0.15, -0.1) is 11.3 Å². The van der Waals surface area contributed by atoms with Crippen LogP contribution < -0.4 is 5.56 Å². The Bertz CT molecular complexity index is 918. The van der Waals surface area contributed by atoms with Crippen molar-refractivity contribution in [3.05, 3.63) is 62.2 Å². The summed E-state index contributed by atoms with van der Waals surface area (Å²) in [6.07, 6.45) is 4.19. The highest BCUT2D eigenvalue weighted by atomic mass is 32.1. The van der Waals surface area contributed by atoms with E-state index in [0.717, 1.165) is 47.0 Å². The van der Waals surface area contributed by atoms with Gasteiger partial charge in [0.15, 0.2) is 0 Å². The molecule has 6 nitrogen and oxygen atoms in total. The summed E-state index contributed by atoms with van der Waals surface area (Å²) in [5.74, 6) is 0.593. The lowest BCUT2D eigenvalue weighted by molar-refractivity contribution is 0.239. The van der Waals surface area contributed by atoms with E-state index in [1.54, 1.807) is 23.7 Å². The standard InChI is InChI=1S/C17H17N5OS/c1-11-19-13(10-24-11)8-22-6-4-15-14(9-22)17(23)21-16(20-15)12-3-2-5-18-7-12/h2-3,5,7,10H,4,6,8-9H2,1H3,(H,20,21,23). The molecule has 4 rings (SSSR count). The first-order valence-electron chi connectivity index (χ1n) is 7.85. The molecule has 0 fully saturated rings. The number of hydrogen-bond donors (Lipinski definition) is 1. The smallest absolute Gasteiger partial charge is 0.255 e. The number of aromatic amines is 1. The van der Waals surface area contributed by atoms with E-state index in [9.17, 15) is 4.79 Å². The van der Waals surface area contributed by atoms with Gasteiger partial charge in [0.05, 0.1) is 22.0 Å². The second kappa shape index (κ2) is 6.26. The minimum Gasteiger partial charge on any atom is -0.306 e. The van der Waals surface area contributed by atoms with E-state index in [2.05, 4.69) is 30.2 Å². The maximum atomic E-state index is 12.5. The first kappa shape index (κ1) is 15.2. The van der Waals surface area contributed by atoms with Gasteiger partial charge in [-0.1, -0.05) is 0 Å². The largest absolute Gasteiger partial charge is 0.306 e. The Morgan fingerprint density at radius 2 is 2.29 bits per heavy atom. The van der Waals surface area contributed by atoms with Crippen molar-refractivity contribution >= 4 is 11.3 Å². The van der Waals surface area contributed by atoms with Crippen molar-refractivity contribution in [1.82, 2.24) is 24.8 Å². The van der Waals surface area contributed by atoms with Gasteiger partial charge >= 0.3 is 0 Å². The van der Waals surface area contributed by atoms with Crippen LogP contribution in [0, 0.1) is 6.92 Å². The van der Waals surface area contributed by atoms with E-state index in [-0.39, 0.29) is 5.56 Å². The molecule has 0 amide bonds. The number of nitrogens with one attached hydrogen (secondary N) is 1. The Hall–Kier alpha value is -2.38. The van der Waals surface area contributed by atoms with E-state index >= 15 is 0 Å². The van der Waals surface area contributed by atoms with Crippen molar-refractivity contribution in [2.45, 2.75) is 26.4 Å². The van der Waals surface area contributed by atoms with Crippen LogP contribution in [0.4, 0.5) is 0 Å². The zero-order chi connectivity index (χ0) is 16.5. The predicted molar refractivity (Wildman–Crippen MR) is 92.8 cm³/mol. The van der Waals surface area contributed by atoms with Gasteiger partial charge < -0.3 is 4.98 Å². The fourth-order valence-corrected chi connectivity index (χ4v) is 3.57. The number of aromatic nitrogens is 4. The van der Waals surface area contributed by atoms with E-state index in [0.29, 0.717) is 12.4 Å². The normalized spacial score (nSPS) is 14.5. The predicted octanol–water partition coefficient (Wildman–Crippen LogP) is 2.16. The Morgan fingerprint density at radius 1 is 1.38 bits per heavy atom. The van der Waals surface area contributed by atoms with Crippen molar-refractivity contribution < 1.29 is 0 Å². The van der Waals surface area contributed by atoms with Gasteiger partial charge in [-0.3, -0.25) is 14.7 Å². The number of H-pyrrole nitrogens is 1. The van der Waals surface area contributed by atoms with E-state index < -0.39 is 0 Å². The molecular formula is C17H17N5OS. The van der Waals surface area contributed by atoms with Gasteiger partial charge in [-0.25, -0.2) is 9.97 Å². The maximum absolute atomic E-state index is 12.5. The molecule has 24 heavy (non-hydrogen) atoms. The highest BCUT2D eigenvalue weighted by molar-refractivity contribution is 7.09. The highest BCUT2D eigenvalue weighted by Crippen LogP contribution is 2.20. The van der Waals surface area contributed by atoms with Crippen molar-refractivity contribution in [3.63, 3.8) is 0 Å². The van der Waals surface area contributed by atoms with Gasteiger partial charge in [0.1, 0.15) is 5.82 Å². The summed E-state index contributed by atoms with van der Waals surface area (Å²) in [5.41, 5.74) is 3.50. The Labute approximate surface area is 143 Å². The number of nitrogens with zero attached hydrogens (tertiary/aromatic N) is 4. The summed E-state index contributed by atoms with van der Waals surface area (Å²) >= 11 is 1.66. The molecule has 7 heteroatoms. The van der Waals surface area contributed by atoms with Gasteiger partial charge in [-0.05, 0) is 19.1 Å². The molecule has 0 aromatic carbocycles. The summed E-state index contributed by atoms with van der Waals surface area (Å²) in [4.78, 5) is 30.9. The number of aryl methyl sites for hydroxylation is 1. The van der Waals surface area contributed by atoms with E-state index in [4.69, 9.17) is 0 Å². The Morgan fingerprint density at radius 3 is 3.04 bits per heavy atom. The number of rotatable bonds is 3. The first-order valence-corrected chi connectivity index (χ1v) is 8.73. The van der Waals surface area contributed by atoms with E-state index in [1.165, 1.54) is 0 Å². The molecule has 1 aliphatic rings. The van der Waals surface area contributed by atoms with Crippen molar-refractivity contribution in [2.75, 3.05) is 6.54 Å². The van der Waals surface area contributed by atoms with Crippen LogP contribution in [-0.4, -0.2) is 31.4 Å². The zero-order valence-electron chi connectivity index (χ0n) is 13.3. The summed E-state index contributed by atoms with van der Waals surface area (Å²) in [7, 11) is 0. The van der Waals surface area contributed by atoms with Crippen LogP contribution in [0.25, 0.3) is 11.4 Å². The highest BCUT2D eigenvalue weighted by Gasteiger charge is 2.22. The lowest BCUT2D eigenvalue weighted by Crippen LogP contribution is -2.35. The Balaban J connectivity index is 1.59. The topological polar surface area (TPSA) is 74.8 Å². The van der Waals surface area contributed by atoms with Gasteiger partial charge in [-0.2, -0.15) is 0 Å². The maximum Gasteiger partial charge on any atom is 0.255 e. The third kappa shape index (κ3) is 3.00. The van der Waals surface area contributed by atoms with Crippen molar-refractivity contribution in [1.29, 1.82) is 0 Å². The van der Waals surface area contributed by atoms with Crippen LogP contribution in [0.1, 0.15) is 22.0 Å². The molecule has 1 aliphatic heterocycles. The molecule has 0 saturated carbocycles. The fraction of sp³-hybridized carbons (Fsp3) is 0.294. The van der Waals surface area contributed by atoms with Crippen molar-refractivity contribution in [2.24, 2.45) is 0 Å². The third-order valence-corrected chi connectivity index (χ3v) is 4.96. The second-order valence-electron chi connectivity index (χ2n) is 5.90. The van der Waals surface area contributed by atoms with Crippen LogP contribution in [-0.2, 0) is 19.5 Å². The lowest BCUT2D eigenvalue weighted by Gasteiger charge is -2.27. The summed E-state index contributed by atoms with van der Waals surface area (Å²) in [6.45, 7) is 4.27. The minimum atomic E-state index is -0.0574. The molecule has 0 bridgehead atoms. The van der Waals surface area contributed by atoms with Crippen LogP contribution in [0.2, 0.25) is 0 Å². The lowest BCUT2D eigenvalue weighted by atomic mass is 10.1. The molecule has 122 valence electrons. The molecular weight excluding hydrogens is 322 g/mol. The average Bonchev–Trinajstić information content (AvgIpc) is 3.01. The average molecular weight is 339 g/mol. The third-order valence-electron chi connectivity index (χ3n) is 4.13. The van der Waals surface area contributed by atoms with Crippen molar-refractivity contribution in [3.8, 4) is 11.4 Å². The molecule has 0 radical (unpaired) electrons. The molecule has 3 aromatic heterocycles. The first-order chi connectivity index (χ1) is 11.7. The molecule has 0 saturated heterocycles. The molecule has 3 aromatic rings. The van der Waals surface area contributed by atoms with Gasteiger partial charge in [0.2, 0.25) is 0 Å². The number of pyridine rings is 1. The second-order valence-corrected chi connectivity index (χ2v) is 6.96. The molecule has 1 N–H and O–H groups in total. The summed E-state index contributed by atoms with van der Waals surface area (Å²) in [6, 6.07) is 3.74. The van der Waals surface area contributed by atoms with Gasteiger partial charge in [0, 0.05) is 49.4 Å². The molecule has 0 unspecified atom stereocenters. The Kier molecular flexibility index (Phi) is 3.95. The zero-order valence-corrected chi connectivity index (χ0v) is 14.1. The number of thiazole rings is 1. The monoisotopic (exact) mass is 339 g/mol. The van der Waals surface area contributed by atoms with Crippen LogP contribution in [0.5, 0.6) is 0 Å². The fourth-order valence-electron chi connectivity index (χ4n) is 2.97. The molecule has 4 heterocycles. The summed E-state index contributed by atoms with van der Waals surface area (Å²) in [5, 5.41) is 3.15. The SMILES string of the molecule is Cc1nc(CN2CCc3nc(-c4cccnc4)[nH]c(=O)c3C2)cs1. The minimum absolute atomic E-state index is 0.0574. The van der Waals surface area contributed by atoms with Gasteiger partial charge in [0.25, 0.3) is 5.56 Å². The molecule has 0 aliphatic carbocycles. The van der Waals surface area contributed by atoms with Crippen LogP contribution in [0.3, 0.4) is 0 Å². The van der Waals surface area contributed by atoms with E-state index in [1.807, 2.05) is 19.1 Å². The quantitative estimate of drug-likeness (QED) is 0.791.